The fourth-order valence-electron chi connectivity index (χ4n) is 9.13. The normalized spacial score (nSPS) is 39.7. The lowest BCUT2D eigenvalue weighted by Gasteiger charge is -2.60. The molecule has 0 heterocycles. The number of carbonyl (C=O) groups excluding carboxylic acids is 4. The zero-order chi connectivity index (χ0) is 33.4. The third-order valence-electron chi connectivity index (χ3n) is 11.9. The molecule has 8 N–H and O–H groups in total. The minimum absolute atomic E-state index is 0.00440. The quantitative estimate of drug-likeness (QED) is 0.0857. The Hall–Kier alpha value is -2.04. The van der Waals surface area contributed by atoms with Gasteiger partial charge in [0.2, 0.25) is 0 Å². The molecule has 0 bridgehead atoms. The molecular weight excluding hydrogens is 596 g/mol. The molecule has 256 valence electrons. The van der Waals surface area contributed by atoms with E-state index in [1.54, 1.807) is 0 Å². The number of ether oxygens (including phenoxy) is 2. The van der Waals surface area contributed by atoms with E-state index >= 15 is 0 Å². The molecular formula is C31H48O14. The minimum atomic E-state index is -2.13. The van der Waals surface area contributed by atoms with E-state index in [9.17, 15) is 60.0 Å². The van der Waals surface area contributed by atoms with E-state index in [-0.39, 0.29) is 35.2 Å². The van der Waals surface area contributed by atoms with Crippen molar-refractivity contribution in [2.75, 3.05) is 0 Å². The van der Waals surface area contributed by atoms with Crippen molar-refractivity contribution in [3.05, 3.63) is 0 Å². The van der Waals surface area contributed by atoms with Gasteiger partial charge in [-0.1, -0.05) is 13.8 Å². The second-order valence-corrected chi connectivity index (χ2v) is 14.1. The average molecular weight is 645 g/mol. The Morgan fingerprint density at radius 2 is 1.16 bits per heavy atom. The van der Waals surface area contributed by atoms with Crippen LogP contribution in [0.5, 0.6) is 0 Å². The number of rotatable bonds is 12. The number of esters is 2. The predicted molar refractivity (Wildman–Crippen MR) is 152 cm³/mol. The van der Waals surface area contributed by atoms with Crippen molar-refractivity contribution in [3.8, 4) is 0 Å². The van der Waals surface area contributed by atoms with Crippen LogP contribution >= 0.6 is 0 Å². The molecule has 4 aliphatic carbocycles. The molecule has 0 amide bonds. The van der Waals surface area contributed by atoms with Crippen molar-refractivity contribution in [2.45, 2.75) is 133 Å². The van der Waals surface area contributed by atoms with E-state index < -0.39 is 73.0 Å². The predicted octanol–water partition coefficient (Wildman–Crippen LogP) is -1.86. The van der Waals surface area contributed by atoms with Crippen molar-refractivity contribution >= 4 is 24.5 Å². The Morgan fingerprint density at radius 3 is 1.71 bits per heavy atom. The van der Waals surface area contributed by atoms with Gasteiger partial charge in [-0.05, 0) is 86.9 Å². The van der Waals surface area contributed by atoms with Crippen LogP contribution in [0.4, 0.5) is 0 Å². The standard InChI is InChI=1S/C31H48O14/c1-30-9-7-15(44-28(42)26(40)24(38)22(36)19(34)12-32)11-14(30)3-4-16-17-5-6-21(31(17,2)10-8-18(16)30)45-29(43)27(41)25(39)23(37)20(35)13-33/h12-27,34-41H,3-11H2,1-2H3/t14?,15-,16+,17+,18+,19+,20+,21?,22-,23-,24+,25+,26+,27+,30+,31+/m1/s1. The Kier molecular flexibility index (Phi) is 11.1. The summed E-state index contributed by atoms with van der Waals surface area (Å²) in [6, 6.07) is 0. The maximum absolute atomic E-state index is 12.7. The monoisotopic (exact) mass is 644 g/mol. The molecule has 4 aliphatic rings. The summed E-state index contributed by atoms with van der Waals surface area (Å²) in [6.45, 7) is 4.36. The highest BCUT2D eigenvalue weighted by molar-refractivity contribution is 5.76. The fraction of sp³-hybridized carbons (Fsp3) is 0.871. The highest BCUT2D eigenvalue weighted by Gasteiger charge is 2.61. The third-order valence-corrected chi connectivity index (χ3v) is 11.9. The lowest BCUT2D eigenvalue weighted by atomic mass is 9.45. The molecule has 45 heavy (non-hydrogen) atoms. The van der Waals surface area contributed by atoms with E-state index in [4.69, 9.17) is 9.47 Å². The molecule has 4 fully saturated rings. The molecule has 0 aromatic carbocycles. The summed E-state index contributed by atoms with van der Waals surface area (Å²) in [5.74, 6) is -1.04. The van der Waals surface area contributed by atoms with Gasteiger partial charge in [0.15, 0.2) is 24.8 Å². The number of carbonyl (C=O) groups is 4. The van der Waals surface area contributed by atoms with Crippen molar-refractivity contribution in [1.29, 1.82) is 0 Å². The maximum atomic E-state index is 12.7. The summed E-state index contributed by atoms with van der Waals surface area (Å²) < 4.78 is 11.2. The minimum Gasteiger partial charge on any atom is -0.460 e. The molecule has 0 aromatic rings. The van der Waals surface area contributed by atoms with Gasteiger partial charge in [-0.2, -0.15) is 0 Å². The molecule has 14 heteroatoms. The van der Waals surface area contributed by atoms with E-state index in [1.165, 1.54) is 0 Å². The first-order valence-electron chi connectivity index (χ1n) is 15.9. The van der Waals surface area contributed by atoms with Crippen LogP contribution < -0.4 is 0 Å². The van der Waals surface area contributed by atoms with Crippen LogP contribution in [-0.4, -0.2) is 126 Å². The van der Waals surface area contributed by atoms with Gasteiger partial charge < -0.3 is 59.9 Å². The topological polar surface area (TPSA) is 249 Å². The highest BCUT2D eigenvalue weighted by Crippen LogP contribution is 2.66. The van der Waals surface area contributed by atoms with Crippen LogP contribution in [0, 0.1) is 34.5 Å². The molecule has 0 aromatic heterocycles. The number of hydrogen-bond donors (Lipinski definition) is 8. The van der Waals surface area contributed by atoms with Gasteiger partial charge in [0, 0.05) is 5.41 Å². The molecule has 4 saturated carbocycles. The van der Waals surface area contributed by atoms with E-state index in [0.29, 0.717) is 31.1 Å². The summed E-state index contributed by atoms with van der Waals surface area (Å²) in [5, 5.41) is 79.0. The fourth-order valence-corrected chi connectivity index (χ4v) is 9.13. The van der Waals surface area contributed by atoms with Crippen LogP contribution in [0.1, 0.15) is 71.6 Å². The largest absolute Gasteiger partial charge is 0.460 e. The molecule has 0 spiro atoms. The molecule has 0 saturated heterocycles. The summed E-state index contributed by atoms with van der Waals surface area (Å²) >= 11 is 0. The van der Waals surface area contributed by atoms with Gasteiger partial charge in [-0.3, -0.25) is 0 Å². The Morgan fingerprint density at radius 1 is 0.644 bits per heavy atom. The number of aldehydes is 2. The zero-order valence-corrected chi connectivity index (χ0v) is 25.6. The van der Waals surface area contributed by atoms with Crippen molar-refractivity contribution in [1.82, 2.24) is 0 Å². The summed E-state index contributed by atoms with van der Waals surface area (Å²) in [4.78, 5) is 46.7. The van der Waals surface area contributed by atoms with E-state index in [2.05, 4.69) is 13.8 Å². The highest BCUT2D eigenvalue weighted by atomic mass is 16.6. The van der Waals surface area contributed by atoms with Crippen LogP contribution in [0.3, 0.4) is 0 Å². The van der Waals surface area contributed by atoms with Crippen molar-refractivity contribution in [3.63, 3.8) is 0 Å². The lowest BCUT2D eigenvalue weighted by Crippen LogP contribution is -2.55. The number of aliphatic hydroxyl groups is 8. The van der Waals surface area contributed by atoms with Crippen LogP contribution in [-0.2, 0) is 28.7 Å². The zero-order valence-electron chi connectivity index (χ0n) is 25.6. The molecule has 2 unspecified atom stereocenters. The van der Waals surface area contributed by atoms with E-state index in [0.717, 1.165) is 38.5 Å². The van der Waals surface area contributed by atoms with Crippen LogP contribution in [0.2, 0.25) is 0 Å². The van der Waals surface area contributed by atoms with Crippen molar-refractivity contribution in [2.24, 2.45) is 34.5 Å². The SMILES string of the molecule is C[C@]12CC[C@@H](OC(=O)[C@@H](O)[C@@H](O)[C@H](O)[C@@H](O)C=O)CC1CC[C@@H]1[C@@H]2CC[C@]2(C)C(OC(=O)[C@@H](O)[C@@H](O)[C@H](O)[C@@H](O)C=O)CC[C@@H]12. The summed E-state index contributed by atoms with van der Waals surface area (Å²) in [6.07, 6.45) is -10.8. The summed E-state index contributed by atoms with van der Waals surface area (Å²) in [7, 11) is 0. The second kappa shape index (κ2) is 14.0. The maximum Gasteiger partial charge on any atom is 0.338 e. The van der Waals surface area contributed by atoms with Gasteiger partial charge in [-0.15, -0.1) is 0 Å². The van der Waals surface area contributed by atoms with Gasteiger partial charge in [0.25, 0.3) is 0 Å². The van der Waals surface area contributed by atoms with Gasteiger partial charge in [0.05, 0.1) is 0 Å². The first-order valence-corrected chi connectivity index (χ1v) is 15.9. The van der Waals surface area contributed by atoms with Crippen LogP contribution in [0.15, 0.2) is 0 Å². The number of hydrogen-bond acceptors (Lipinski definition) is 14. The molecule has 0 radical (unpaired) electrons. The molecule has 14 nitrogen and oxygen atoms in total. The molecule has 0 aliphatic heterocycles. The first kappa shape index (κ1) is 35.8. The number of fused-ring (bicyclic) bond motifs is 5. The lowest BCUT2D eigenvalue weighted by molar-refractivity contribution is -0.188. The summed E-state index contributed by atoms with van der Waals surface area (Å²) in [5.41, 5.74) is -0.405. The third kappa shape index (κ3) is 6.71. The Bertz CT molecular complexity index is 1090. The second-order valence-electron chi connectivity index (χ2n) is 14.1. The van der Waals surface area contributed by atoms with E-state index in [1.807, 2.05) is 0 Å². The Balaban J connectivity index is 1.36. The molecule has 16 atom stereocenters. The average Bonchev–Trinajstić information content (AvgIpc) is 3.37. The van der Waals surface area contributed by atoms with Gasteiger partial charge in [-0.25, -0.2) is 9.59 Å². The Labute approximate surface area is 261 Å². The smallest absolute Gasteiger partial charge is 0.338 e. The molecule has 4 rings (SSSR count). The van der Waals surface area contributed by atoms with Gasteiger partial charge in [0.1, 0.15) is 48.8 Å². The van der Waals surface area contributed by atoms with Gasteiger partial charge >= 0.3 is 11.9 Å². The van der Waals surface area contributed by atoms with Crippen LogP contribution in [0.25, 0.3) is 0 Å². The first-order chi connectivity index (χ1) is 21.1. The van der Waals surface area contributed by atoms with Crippen molar-refractivity contribution < 1.29 is 69.5 Å². The number of aliphatic hydroxyl groups excluding tert-OH is 8.